The van der Waals surface area contributed by atoms with Crippen molar-refractivity contribution in [2.75, 3.05) is 12.8 Å². The van der Waals surface area contributed by atoms with Gasteiger partial charge in [-0.25, -0.2) is 4.98 Å². The molecule has 28 heavy (non-hydrogen) atoms. The molecular weight excluding hydrogens is 372 g/mol. The Morgan fingerprint density at radius 2 is 2.00 bits per heavy atom. The summed E-state index contributed by atoms with van der Waals surface area (Å²) in [7, 11) is 1.59. The molecule has 4 aromatic rings. The number of nitrogens with zero attached hydrogens (tertiary/aromatic N) is 2. The normalized spacial score (nSPS) is 11.2. The third-order valence-corrected chi connectivity index (χ3v) is 5.65. The summed E-state index contributed by atoms with van der Waals surface area (Å²) in [5, 5.41) is 4.00. The summed E-state index contributed by atoms with van der Waals surface area (Å²) in [6.07, 6.45) is 0. The van der Waals surface area contributed by atoms with Crippen molar-refractivity contribution in [3.05, 3.63) is 63.9 Å². The van der Waals surface area contributed by atoms with Crippen molar-refractivity contribution in [2.45, 2.75) is 19.0 Å². The number of aromatic nitrogens is 3. The first kappa shape index (κ1) is 18.3. The standard InChI is InChI=1S/C21H20N4O2S/c1-12-8-9-13(2)16(10-12)25-20(27)19-18(14-6-4-5-7-15(14)23-19)24-21(25)28-11-17(26)22-3/h4-10,23H,11H2,1-3H3,(H,22,26). The number of thioether (sulfide) groups is 1. The maximum Gasteiger partial charge on any atom is 0.283 e. The van der Waals surface area contributed by atoms with E-state index in [0.717, 1.165) is 27.7 Å². The first-order chi connectivity index (χ1) is 13.5. The molecule has 2 aromatic carbocycles. The molecule has 7 heteroatoms. The molecule has 0 saturated carbocycles. The van der Waals surface area contributed by atoms with Crippen LogP contribution in [0.25, 0.3) is 27.6 Å². The average Bonchev–Trinajstić information content (AvgIpc) is 3.07. The monoisotopic (exact) mass is 392 g/mol. The summed E-state index contributed by atoms with van der Waals surface area (Å²) >= 11 is 1.26. The number of hydrogen-bond donors (Lipinski definition) is 2. The van der Waals surface area contributed by atoms with E-state index >= 15 is 0 Å². The molecule has 2 heterocycles. The first-order valence-electron chi connectivity index (χ1n) is 8.94. The minimum atomic E-state index is -0.172. The van der Waals surface area contributed by atoms with Gasteiger partial charge in [0.15, 0.2) is 5.16 Å². The predicted octanol–water partition coefficient (Wildman–Crippen LogP) is 3.32. The quantitative estimate of drug-likeness (QED) is 0.412. The lowest BCUT2D eigenvalue weighted by molar-refractivity contribution is -0.118. The number of para-hydroxylation sites is 1. The van der Waals surface area contributed by atoms with Gasteiger partial charge in [-0.2, -0.15) is 0 Å². The number of aromatic amines is 1. The molecule has 0 atom stereocenters. The highest BCUT2D eigenvalue weighted by Gasteiger charge is 2.19. The third kappa shape index (κ3) is 3.07. The van der Waals surface area contributed by atoms with Gasteiger partial charge < -0.3 is 10.3 Å². The Hall–Kier alpha value is -3.06. The van der Waals surface area contributed by atoms with Crippen LogP contribution in [0.4, 0.5) is 0 Å². The Balaban J connectivity index is 2.04. The van der Waals surface area contributed by atoms with Crippen LogP contribution in [-0.4, -0.2) is 33.2 Å². The van der Waals surface area contributed by atoms with E-state index in [0.29, 0.717) is 16.2 Å². The van der Waals surface area contributed by atoms with Crippen LogP contribution in [0.1, 0.15) is 11.1 Å². The van der Waals surface area contributed by atoms with E-state index in [1.807, 2.05) is 56.3 Å². The zero-order valence-corrected chi connectivity index (χ0v) is 16.7. The number of benzene rings is 2. The maximum absolute atomic E-state index is 13.5. The number of nitrogens with one attached hydrogen (secondary N) is 2. The van der Waals surface area contributed by atoms with Crippen LogP contribution in [-0.2, 0) is 4.79 Å². The van der Waals surface area contributed by atoms with Crippen LogP contribution in [0.2, 0.25) is 0 Å². The zero-order valence-electron chi connectivity index (χ0n) is 15.9. The largest absolute Gasteiger partial charge is 0.358 e. The molecule has 0 aliphatic rings. The van der Waals surface area contributed by atoms with E-state index in [9.17, 15) is 9.59 Å². The van der Waals surface area contributed by atoms with Crippen molar-refractivity contribution in [1.29, 1.82) is 0 Å². The molecule has 0 spiro atoms. The van der Waals surface area contributed by atoms with Gasteiger partial charge in [-0.1, -0.05) is 42.1 Å². The highest BCUT2D eigenvalue weighted by Crippen LogP contribution is 2.27. The number of fused-ring (bicyclic) bond motifs is 3. The molecule has 0 fully saturated rings. The van der Waals surface area contributed by atoms with Gasteiger partial charge in [0.2, 0.25) is 5.91 Å². The summed E-state index contributed by atoms with van der Waals surface area (Å²) in [5.41, 5.74) is 4.57. The van der Waals surface area contributed by atoms with Gasteiger partial charge in [0.25, 0.3) is 5.56 Å². The minimum absolute atomic E-state index is 0.120. The molecule has 4 rings (SSSR count). The summed E-state index contributed by atoms with van der Waals surface area (Å²) in [5.74, 6) is 0.0626. The topological polar surface area (TPSA) is 79.8 Å². The Labute approximate surface area is 166 Å². The lowest BCUT2D eigenvalue weighted by atomic mass is 10.1. The lowest BCUT2D eigenvalue weighted by Gasteiger charge is -2.14. The lowest BCUT2D eigenvalue weighted by Crippen LogP contribution is -2.24. The number of rotatable bonds is 4. The SMILES string of the molecule is CNC(=O)CSc1nc2c([nH]c3ccccc32)c(=O)n1-c1cc(C)ccc1C. The van der Waals surface area contributed by atoms with E-state index in [-0.39, 0.29) is 17.2 Å². The summed E-state index contributed by atoms with van der Waals surface area (Å²) in [4.78, 5) is 33.3. The fourth-order valence-electron chi connectivity index (χ4n) is 3.21. The van der Waals surface area contributed by atoms with Crippen LogP contribution in [0.15, 0.2) is 52.4 Å². The van der Waals surface area contributed by atoms with Gasteiger partial charge >= 0.3 is 0 Å². The van der Waals surface area contributed by atoms with Crippen molar-refractivity contribution >= 4 is 39.6 Å². The second-order valence-electron chi connectivity index (χ2n) is 6.68. The molecule has 0 radical (unpaired) electrons. The molecule has 0 aliphatic carbocycles. The molecular formula is C21H20N4O2S. The van der Waals surface area contributed by atoms with Gasteiger partial charge in [-0.05, 0) is 37.1 Å². The highest BCUT2D eigenvalue weighted by molar-refractivity contribution is 7.99. The Kier molecular flexibility index (Phi) is 4.68. The van der Waals surface area contributed by atoms with Crippen molar-refractivity contribution < 1.29 is 4.79 Å². The second-order valence-corrected chi connectivity index (χ2v) is 7.62. The number of carbonyl (C=O) groups excluding carboxylic acids is 1. The van der Waals surface area contributed by atoms with Crippen LogP contribution in [0, 0.1) is 13.8 Å². The van der Waals surface area contributed by atoms with E-state index in [4.69, 9.17) is 4.98 Å². The molecule has 1 amide bonds. The minimum Gasteiger partial charge on any atom is -0.358 e. The number of aryl methyl sites for hydroxylation is 2. The van der Waals surface area contributed by atoms with Crippen LogP contribution in [0.3, 0.4) is 0 Å². The molecule has 0 bridgehead atoms. The van der Waals surface area contributed by atoms with Crippen molar-refractivity contribution in [3.63, 3.8) is 0 Å². The van der Waals surface area contributed by atoms with Crippen molar-refractivity contribution in [3.8, 4) is 5.69 Å². The van der Waals surface area contributed by atoms with Gasteiger partial charge in [0.05, 0.1) is 11.4 Å². The fourth-order valence-corrected chi connectivity index (χ4v) is 4.08. The molecule has 2 N–H and O–H groups in total. The zero-order chi connectivity index (χ0) is 19.8. The molecule has 2 aromatic heterocycles. The highest BCUT2D eigenvalue weighted by atomic mass is 32.2. The van der Waals surface area contributed by atoms with Crippen LogP contribution >= 0.6 is 11.8 Å². The smallest absolute Gasteiger partial charge is 0.283 e. The molecule has 142 valence electrons. The van der Waals surface area contributed by atoms with Crippen molar-refractivity contribution in [1.82, 2.24) is 19.9 Å². The second kappa shape index (κ2) is 7.16. The first-order valence-corrected chi connectivity index (χ1v) is 9.92. The van der Waals surface area contributed by atoms with E-state index < -0.39 is 0 Å². The molecule has 0 aliphatic heterocycles. The van der Waals surface area contributed by atoms with E-state index in [1.54, 1.807) is 11.6 Å². The van der Waals surface area contributed by atoms with Crippen LogP contribution < -0.4 is 10.9 Å². The summed E-state index contributed by atoms with van der Waals surface area (Å²) < 4.78 is 1.60. The number of hydrogen-bond acceptors (Lipinski definition) is 4. The number of carbonyl (C=O) groups is 1. The summed E-state index contributed by atoms with van der Waals surface area (Å²) in [6.45, 7) is 3.95. The van der Waals surface area contributed by atoms with Gasteiger partial charge in [-0.15, -0.1) is 0 Å². The summed E-state index contributed by atoms with van der Waals surface area (Å²) in [6, 6.07) is 13.7. The van der Waals surface area contributed by atoms with Gasteiger partial charge in [0.1, 0.15) is 11.0 Å². The van der Waals surface area contributed by atoms with Gasteiger partial charge in [-0.3, -0.25) is 14.2 Å². The predicted molar refractivity (Wildman–Crippen MR) is 113 cm³/mol. The Morgan fingerprint density at radius 3 is 2.79 bits per heavy atom. The van der Waals surface area contributed by atoms with E-state index in [2.05, 4.69) is 10.3 Å². The molecule has 6 nitrogen and oxygen atoms in total. The number of amides is 1. The van der Waals surface area contributed by atoms with E-state index in [1.165, 1.54) is 11.8 Å². The molecule has 0 unspecified atom stereocenters. The Morgan fingerprint density at radius 1 is 1.21 bits per heavy atom. The Bertz CT molecular complexity index is 1270. The van der Waals surface area contributed by atoms with Crippen LogP contribution in [0.5, 0.6) is 0 Å². The maximum atomic E-state index is 13.5. The third-order valence-electron chi connectivity index (χ3n) is 4.71. The number of H-pyrrole nitrogens is 1. The fraction of sp³-hybridized carbons (Fsp3) is 0.190. The molecule has 0 saturated heterocycles. The average molecular weight is 392 g/mol. The van der Waals surface area contributed by atoms with Crippen molar-refractivity contribution in [2.24, 2.45) is 0 Å². The van der Waals surface area contributed by atoms with Gasteiger partial charge in [0, 0.05) is 18.0 Å².